The summed E-state index contributed by atoms with van der Waals surface area (Å²) in [5, 5.41) is 10.5. The number of ether oxygens (including phenoxy) is 1. The molecule has 4 saturated carbocycles. The third-order valence-corrected chi connectivity index (χ3v) is 12.9. The fourth-order valence-corrected chi connectivity index (χ4v) is 10.3. The minimum atomic E-state index is -0.609. The van der Waals surface area contributed by atoms with Crippen LogP contribution >= 0.6 is 0 Å². The lowest BCUT2D eigenvalue weighted by Gasteiger charge is -2.72. The van der Waals surface area contributed by atoms with Crippen molar-refractivity contribution in [1.29, 1.82) is 0 Å². The van der Waals surface area contributed by atoms with Crippen LogP contribution in [0.25, 0.3) is 0 Å². The number of methoxy groups -OCH3 is 1. The number of allylic oxidation sites excluding steroid dienone is 3. The summed E-state index contributed by atoms with van der Waals surface area (Å²) in [7, 11) is 1.49. The van der Waals surface area contributed by atoms with Crippen LogP contribution in [0.5, 0.6) is 0 Å². The maximum absolute atomic E-state index is 14.3. The van der Waals surface area contributed by atoms with E-state index in [4.69, 9.17) is 4.74 Å². The predicted octanol–water partition coefficient (Wildman–Crippen LogP) is 6.52. The van der Waals surface area contributed by atoms with Crippen molar-refractivity contribution in [3.63, 3.8) is 0 Å². The van der Waals surface area contributed by atoms with Crippen LogP contribution in [-0.4, -0.2) is 29.8 Å². The maximum atomic E-state index is 14.3. The first-order chi connectivity index (χ1) is 16.5. The Labute approximate surface area is 216 Å². The molecule has 0 heterocycles. The van der Waals surface area contributed by atoms with Crippen molar-refractivity contribution in [3.8, 4) is 0 Å². The van der Waals surface area contributed by atoms with E-state index in [9.17, 15) is 19.5 Å². The zero-order valence-corrected chi connectivity index (χ0v) is 23.5. The van der Waals surface area contributed by atoms with Gasteiger partial charge in [-0.25, -0.2) is 0 Å². The first kappa shape index (κ1) is 25.7. The molecule has 0 aromatic carbocycles. The van der Waals surface area contributed by atoms with Crippen molar-refractivity contribution < 1.29 is 24.2 Å². The normalized spacial score (nSPS) is 50.4. The highest BCUT2D eigenvalue weighted by atomic mass is 16.5. The van der Waals surface area contributed by atoms with E-state index in [1.54, 1.807) is 6.08 Å². The summed E-state index contributed by atoms with van der Waals surface area (Å²) in [5.74, 6) is -0.230. The van der Waals surface area contributed by atoms with Gasteiger partial charge in [-0.1, -0.05) is 34.6 Å². The third kappa shape index (κ3) is 2.86. The van der Waals surface area contributed by atoms with Gasteiger partial charge in [0, 0.05) is 17.8 Å². The van der Waals surface area contributed by atoms with Gasteiger partial charge in [-0.05, 0) is 104 Å². The van der Waals surface area contributed by atoms with Crippen LogP contribution in [0.15, 0.2) is 23.0 Å². The van der Waals surface area contributed by atoms with E-state index in [1.807, 2.05) is 13.8 Å². The largest absolute Gasteiger partial charge is 0.504 e. The second-order valence-electron chi connectivity index (χ2n) is 14.5. The van der Waals surface area contributed by atoms with E-state index >= 15 is 0 Å². The summed E-state index contributed by atoms with van der Waals surface area (Å²) in [5.41, 5.74) is -0.0476. The molecule has 0 aromatic heterocycles. The lowest BCUT2D eigenvalue weighted by atomic mass is 9.31. The van der Waals surface area contributed by atoms with E-state index in [0.29, 0.717) is 17.9 Å². The van der Waals surface area contributed by atoms with Gasteiger partial charge < -0.3 is 9.84 Å². The molecule has 1 N–H and O–H groups in total. The highest BCUT2D eigenvalue weighted by Gasteiger charge is 2.72. The monoisotopic (exact) mass is 496 g/mol. The summed E-state index contributed by atoms with van der Waals surface area (Å²) < 4.78 is 5.26. The van der Waals surface area contributed by atoms with Gasteiger partial charge in [0.25, 0.3) is 0 Å². The summed E-state index contributed by atoms with van der Waals surface area (Å²) >= 11 is 0. The molecule has 4 fully saturated rings. The summed E-state index contributed by atoms with van der Waals surface area (Å²) in [6.45, 7) is 15.3. The van der Waals surface area contributed by atoms with Crippen molar-refractivity contribution in [2.45, 2.75) is 99.8 Å². The fraction of sp³-hybridized carbons (Fsp3) is 0.774. The molecule has 8 atom stereocenters. The van der Waals surface area contributed by atoms with Crippen molar-refractivity contribution >= 4 is 17.5 Å². The minimum Gasteiger partial charge on any atom is -0.504 e. The summed E-state index contributed by atoms with van der Waals surface area (Å²) in [6, 6.07) is 0. The molecule has 0 aliphatic heterocycles. The molecule has 5 rings (SSSR count). The third-order valence-electron chi connectivity index (χ3n) is 12.9. The van der Waals surface area contributed by atoms with Gasteiger partial charge in [0.15, 0.2) is 5.76 Å². The number of esters is 1. The average molecular weight is 497 g/mol. The van der Waals surface area contributed by atoms with E-state index < -0.39 is 16.2 Å². The number of aliphatic hydroxyl groups is 1. The second-order valence-corrected chi connectivity index (χ2v) is 14.5. The van der Waals surface area contributed by atoms with Crippen LogP contribution in [0.3, 0.4) is 0 Å². The Morgan fingerprint density at radius 3 is 2.19 bits per heavy atom. The number of rotatable bonds is 1. The molecule has 0 amide bonds. The number of hydrogen-bond acceptors (Lipinski definition) is 5. The van der Waals surface area contributed by atoms with Crippen molar-refractivity contribution in [3.05, 3.63) is 23.0 Å². The summed E-state index contributed by atoms with van der Waals surface area (Å²) in [6.07, 6.45) is 8.47. The van der Waals surface area contributed by atoms with Gasteiger partial charge in [-0.15, -0.1) is 0 Å². The quantitative estimate of drug-likeness (QED) is 0.418. The average Bonchev–Trinajstić information content (AvgIpc) is 2.81. The molecule has 0 aromatic rings. The first-order valence-corrected chi connectivity index (χ1v) is 13.8. The number of carbonyl (C=O) groups is 3. The van der Waals surface area contributed by atoms with Gasteiger partial charge >= 0.3 is 5.97 Å². The van der Waals surface area contributed by atoms with Crippen LogP contribution in [0.2, 0.25) is 0 Å². The van der Waals surface area contributed by atoms with Gasteiger partial charge in [-0.2, -0.15) is 0 Å². The van der Waals surface area contributed by atoms with E-state index in [2.05, 4.69) is 34.6 Å². The Kier molecular flexibility index (Phi) is 5.25. The van der Waals surface area contributed by atoms with Crippen LogP contribution in [0.1, 0.15) is 99.8 Å². The molecule has 0 spiro atoms. The predicted molar refractivity (Wildman–Crippen MR) is 138 cm³/mol. The molecule has 0 unspecified atom stereocenters. The number of Topliss-reactive ketones (excluding diaryl/α,β-unsaturated/α-hetero) is 1. The molecule has 5 heteroatoms. The lowest BCUT2D eigenvalue weighted by Crippen LogP contribution is -2.68. The first-order valence-electron chi connectivity index (χ1n) is 13.8. The Morgan fingerprint density at radius 1 is 0.944 bits per heavy atom. The molecular weight excluding hydrogens is 452 g/mol. The molecule has 5 nitrogen and oxygen atoms in total. The fourth-order valence-electron chi connectivity index (χ4n) is 10.3. The number of hydrogen-bond donors (Lipinski definition) is 1. The minimum absolute atomic E-state index is 0.102. The summed E-state index contributed by atoms with van der Waals surface area (Å²) in [4.78, 5) is 40.0. The standard InChI is InChI=1S/C31H44O5/c1-18-23(34)19(32)15-21-28(4)12-14-30(6)22-17-27(3,25(35)36-8)10-9-26(22,2)11-13-31(30,7)24(28)20(33)16-29(18,21)5/h15,22,24,34H,9-14,16-17H2,1-8H3/t22-,24+,26-,27-,28+,29-,30+,31-/m1/s1. The van der Waals surface area contributed by atoms with Crippen LogP contribution in [-0.2, 0) is 19.1 Å². The molecule has 0 saturated heterocycles. The zero-order valence-electron chi connectivity index (χ0n) is 23.5. The van der Waals surface area contributed by atoms with Gasteiger partial charge in [-0.3, -0.25) is 14.4 Å². The van der Waals surface area contributed by atoms with Gasteiger partial charge in [0.05, 0.1) is 12.5 Å². The van der Waals surface area contributed by atoms with Gasteiger partial charge in [0.2, 0.25) is 5.78 Å². The zero-order chi connectivity index (χ0) is 26.7. The molecule has 198 valence electrons. The number of fused-ring (bicyclic) bond motifs is 7. The maximum Gasteiger partial charge on any atom is 0.311 e. The van der Waals surface area contributed by atoms with E-state index in [0.717, 1.165) is 50.5 Å². The topological polar surface area (TPSA) is 80.7 Å². The van der Waals surface area contributed by atoms with Crippen molar-refractivity contribution in [2.75, 3.05) is 7.11 Å². The van der Waals surface area contributed by atoms with E-state index in [-0.39, 0.29) is 45.5 Å². The molecule has 5 aliphatic carbocycles. The molecule has 36 heavy (non-hydrogen) atoms. The number of carbonyl (C=O) groups excluding carboxylic acids is 3. The van der Waals surface area contributed by atoms with Crippen LogP contribution < -0.4 is 0 Å². The lowest BCUT2D eigenvalue weighted by molar-refractivity contribution is -0.222. The molecule has 0 radical (unpaired) electrons. The second kappa shape index (κ2) is 7.35. The molecule has 5 aliphatic rings. The molecular formula is C31H44O5. The van der Waals surface area contributed by atoms with Crippen molar-refractivity contribution in [1.82, 2.24) is 0 Å². The highest BCUT2D eigenvalue weighted by molar-refractivity contribution is 6.06. The van der Waals surface area contributed by atoms with E-state index in [1.165, 1.54) is 7.11 Å². The Hall–Kier alpha value is -1.91. The number of ketones is 2. The van der Waals surface area contributed by atoms with Gasteiger partial charge in [0.1, 0.15) is 5.78 Å². The SMILES string of the molecule is COC(=O)[C@]1(C)CC[C@]2(C)CC[C@]3(C)[C@H]4C(=O)C[C@@]5(C)C(=CC(=O)C(O)=C5C)[C@]4(C)CC[C@@]3(C)[C@@H]2C1. The highest BCUT2D eigenvalue weighted by Crippen LogP contribution is 2.77. The number of aliphatic hydroxyl groups excluding tert-OH is 1. The Balaban J connectivity index is 1.62. The smallest absolute Gasteiger partial charge is 0.311 e. The van der Waals surface area contributed by atoms with Crippen LogP contribution in [0.4, 0.5) is 0 Å². The van der Waals surface area contributed by atoms with Crippen molar-refractivity contribution in [2.24, 2.45) is 44.3 Å². The Morgan fingerprint density at radius 2 is 1.56 bits per heavy atom. The molecule has 0 bridgehead atoms. The Bertz CT molecular complexity index is 1130. The van der Waals surface area contributed by atoms with Crippen LogP contribution in [0, 0.1) is 44.3 Å².